The second-order valence-corrected chi connectivity index (χ2v) is 8.96. The third-order valence-corrected chi connectivity index (χ3v) is 6.32. The molecule has 1 saturated carbocycles. The second-order valence-electron chi connectivity index (χ2n) is 8.52. The Bertz CT molecular complexity index is 701. The number of unbranched alkanes of at least 4 members (excludes halogenated alkanes) is 3. The van der Waals surface area contributed by atoms with Gasteiger partial charge in [0.1, 0.15) is 6.10 Å². The van der Waals surface area contributed by atoms with Crippen LogP contribution in [-0.2, 0) is 4.79 Å². The highest BCUT2D eigenvalue weighted by atomic mass is 35.5. The van der Waals surface area contributed by atoms with E-state index in [1.165, 1.54) is 0 Å². The molecule has 30 heavy (non-hydrogen) atoms. The minimum atomic E-state index is -1.18. The summed E-state index contributed by atoms with van der Waals surface area (Å²) in [5.41, 5.74) is 1.22. The van der Waals surface area contributed by atoms with Gasteiger partial charge in [-0.2, -0.15) is 0 Å². The minimum Gasteiger partial charge on any atom is -0.481 e. The molecule has 5 atom stereocenters. The smallest absolute Gasteiger partial charge is 0.303 e. The summed E-state index contributed by atoms with van der Waals surface area (Å²) in [4.78, 5) is 23.1. The maximum atomic E-state index is 12.5. The third kappa shape index (κ3) is 7.34. The van der Waals surface area contributed by atoms with E-state index < -0.39 is 24.3 Å². The largest absolute Gasteiger partial charge is 0.481 e. The van der Waals surface area contributed by atoms with Crippen LogP contribution < -0.4 is 0 Å². The molecule has 0 radical (unpaired) electrons. The molecular weight excluding hydrogens is 408 g/mol. The predicted molar refractivity (Wildman–Crippen MR) is 115 cm³/mol. The highest BCUT2D eigenvalue weighted by molar-refractivity contribution is 6.31. The van der Waals surface area contributed by atoms with Crippen LogP contribution in [0.25, 0.3) is 0 Å². The number of Topliss-reactive ketones (excluding diaryl/α,β-unsaturated/α-hetero) is 1. The number of aryl methyl sites for hydroxylation is 1. The topological polar surface area (TPSA) is 115 Å². The summed E-state index contributed by atoms with van der Waals surface area (Å²) in [5.74, 6) is -1.41. The molecule has 0 bridgehead atoms. The van der Waals surface area contributed by atoms with Crippen LogP contribution in [0.15, 0.2) is 18.2 Å². The number of hydrogen-bond donors (Lipinski definition) is 4. The first kappa shape index (κ1) is 24.8. The predicted octanol–water partition coefficient (Wildman–Crippen LogP) is 3.76. The van der Waals surface area contributed by atoms with Crippen molar-refractivity contribution in [2.24, 2.45) is 11.8 Å². The lowest BCUT2D eigenvalue weighted by molar-refractivity contribution is -0.137. The van der Waals surface area contributed by atoms with Crippen molar-refractivity contribution in [2.75, 3.05) is 0 Å². The quantitative estimate of drug-likeness (QED) is 0.290. The molecular formula is C23H33ClO6. The van der Waals surface area contributed by atoms with Gasteiger partial charge in [-0.25, -0.2) is 0 Å². The number of carboxylic acid groups (broad SMARTS) is 1. The van der Waals surface area contributed by atoms with Crippen LogP contribution in [-0.4, -0.2) is 50.5 Å². The van der Waals surface area contributed by atoms with Crippen LogP contribution in [0, 0.1) is 18.8 Å². The Labute approximate surface area is 182 Å². The minimum absolute atomic E-state index is 0.0739. The van der Waals surface area contributed by atoms with E-state index in [9.17, 15) is 24.9 Å². The van der Waals surface area contributed by atoms with E-state index in [0.29, 0.717) is 29.8 Å². The molecule has 4 N–H and O–H groups in total. The third-order valence-electron chi connectivity index (χ3n) is 6.10. The number of rotatable bonds is 12. The number of carbonyl (C=O) groups is 2. The first-order valence-electron chi connectivity index (χ1n) is 10.8. The van der Waals surface area contributed by atoms with Gasteiger partial charge < -0.3 is 20.4 Å². The molecule has 0 saturated heterocycles. The zero-order valence-electron chi connectivity index (χ0n) is 17.5. The summed E-state index contributed by atoms with van der Waals surface area (Å²) in [6.45, 7) is 1.83. The van der Waals surface area contributed by atoms with Gasteiger partial charge in [-0.3, -0.25) is 9.59 Å². The standard InChI is InChI=1S/C23H33ClO6/c1-14-10-15(12-16(24)11-14)23(30)19(25)9-8-18-17(20(26)13-21(18)27)6-4-2-3-5-7-22(28)29/h10-12,17-21,25-27H,2-9,13H2,1H3,(H,28,29)/t17-,18-,19?,20+,21-/m1/s1. The molecule has 0 spiro atoms. The van der Waals surface area contributed by atoms with Crippen molar-refractivity contribution in [2.45, 2.75) is 83.0 Å². The number of benzene rings is 1. The molecule has 1 aromatic rings. The van der Waals surface area contributed by atoms with Gasteiger partial charge in [-0.15, -0.1) is 0 Å². The van der Waals surface area contributed by atoms with Crippen LogP contribution >= 0.6 is 11.6 Å². The lowest BCUT2D eigenvalue weighted by Gasteiger charge is -2.24. The number of ketones is 1. The number of halogens is 1. The van der Waals surface area contributed by atoms with E-state index in [4.69, 9.17) is 16.7 Å². The summed E-state index contributed by atoms with van der Waals surface area (Å²) < 4.78 is 0. The molecule has 1 aromatic carbocycles. The number of aliphatic carboxylic acids is 1. The lowest BCUT2D eigenvalue weighted by Crippen LogP contribution is -2.26. The molecule has 2 rings (SSSR count). The molecule has 7 heteroatoms. The molecule has 168 valence electrons. The van der Waals surface area contributed by atoms with E-state index in [2.05, 4.69) is 0 Å². The number of aliphatic hydroxyl groups excluding tert-OH is 3. The molecule has 0 aliphatic heterocycles. The van der Waals surface area contributed by atoms with Gasteiger partial charge in [-0.05, 0) is 74.6 Å². The number of hydrogen-bond acceptors (Lipinski definition) is 5. The second kappa shape index (κ2) is 11.8. The fourth-order valence-corrected chi connectivity index (χ4v) is 4.83. The van der Waals surface area contributed by atoms with E-state index in [-0.39, 0.29) is 30.5 Å². The fraction of sp³-hybridized carbons (Fsp3) is 0.652. The summed E-state index contributed by atoms with van der Waals surface area (Å²) in [6, 6.07) is 4.98. The van der Waals surface area contributed by atoms with Crippen LogP contribution in [0.2, 0.25) is 5.02 Å². The van der Waals surface area contributed by atoms with Crippen LogP contribution in [0.3, 0.4) is 0 Å². The van der Waals surface area contributed by atoms with Crippen molar-refractivity contribution in [1.82, 2.24) is 0 Å². The SMILES string of the molecule is Cc1cc(Cl)cc(C(=O)C(O)CC[C@@H]2[C@@H](CCCCCCC(=O)O)[C@@H](O)C[C@H]2O)c1. The Kier molecular flexibility index (Phi) is 9.75. The monoisotopic (exact) mass is 440 g/mol. The first-order valence-corrected chi connectivity index (χ1v) is 11.1. The highest BCUT2D eigenvalue weighted by Gasteiger charge is 2.41. The average molecular weight is 441 g/mol. The van der Waals surface area contributed by atoms with Crippen molar-refractivity contribution < 1.29 is 30.0 Å². The molecule has 1 fully saturated rings. The summed E-state index contributed by atoms with van der Waals surface area (Å²) in [6.07, 6.45) is 2.69. The molecule has 0 heterocycles. The first-order chi connectivity index (χ1) is 14.2. The number of aliphatic hydroxyl groups is 3. The van der Waals surface area contributed by atoms with E-state index in [1.54, 1.807) is 18.2 Å². The Morgan fingerprint density at radius 3 is 2.30 bits per heavy atom. The van der Waals surface area contributed by atoms with E-state index in [1.807, 2.05) is 6.92 Å². The zero-order chi connectivity index (χ0) is 22.3. The van der Waals surface area contributed by atoms with Crippen molar-refractivity contribution in [3.8, 4) is 0 Å². The Morgan fingerprint density at radius 1 is 1.03 bits per heavy atom. The Hall–Kier alpha value is -1.47. The van der Waals surface area contributed by atoms with Crippen molar-refractivity contribution in [1.29, 1.82) is 0 Å². The molecule has 1 unspecified atom stereocenters. The Morgan fingerprint density at radius 2 is 1.67 bits per heavy atom. The van der Waals surface area contributed by atoms with Crippen molar-refractivity contribution in [3.63, 3.8) is 0 Å². The van der Waals surface area contributed by atoms with Gasteiger partial charge in [0.2, 0.25) is 0 Å². The maximum Gasteiger partial charge on any atom is 0.303 e. The van der Waals surface area contributed by atoms with Gasteiger partial charge in [-0.1, -0.05) is 30.9 Å². The van der Waals surface area contributed by atoms with Gasteiger partial charge in [0.25, 0.3) is 0 Å². The normalized spacial score (nSPS) is 24.7. The summed E-state index contributed by atoms with van der Waals surface area (Å²) in [5, 5.41) is 40.2. The van der Waals surface area contributed by atoms with Crippen LogP contribution in [0.5, 0.6) is 0 Å². The molecule has 0 amide bonds. The number of carboxylic acids is 1. The number of carbonyl (C=O) groups excluding carboxylic acids is 1. The molecule has 1 aliphatic rings. The van der Waals surface area contributed by atoms with E-state index >= 15 is 0 Å². The maximum absolute atomic E-state index is 12.5. The van der Waals surface area contributed by atoms with Crippen molar-refractivity contribution >= 4 is 23.4 Å². The Balaban J connectivity index is 1.85. The average Bonchev–Trinajstić information content (AvgIpc) is 2.93. The molecule has 6 nitrogen and oxygen atoms in total. The van der Waals surface area contributed by atoms with Gasteiger partial charge in [0, 0.05) is 17.0 Å². The van der Waals surface area contributed by atoms with E-state index in [0.717, 1.165) is 31.2 Å². The van der Waals surface area contributed by atoms with Gasteiger partial charge in [0.05, 0.1) is 12.2 Å². The van der Waals surface area contributed by atoms with Crippen LogP contribution in [0.4, 0.5) is 0 Å². The van der Waals surface area contributed by atoms with Gasteiger partial charge >= 0.3 is 5.97 Å². The van der Waals surface area contributed by atoms with Crippen molar-refractivity contribution in [3.05, 3.63) is 34.3 Å². The summed E-state index contributed by atoms with van der Waals surface area (Å²) in [7, 11) is 0. The lowest BCUT2D eigenvalue weighted by atomic mass is 9.84. The zero-order valence-corrected chi connectivity index (χ0v) is 18.2. The summed E-state index contributed by atoms with van der Waals surface area (Å²) >= 11 is 6.01. The van der Waals surface area contributed by atoms with Gasteiger partial charge in [0.15, 0.2) is 5.78 Å². The highest BCUT2D eigenvalue weighted by Crippen LogP contribution is 2.39. The molecule has 0 aromatic heterocycles. The van der Waals surface area contributed by atoms with Crippen LogP contribution in [0.1, 0.15) is 73.7 Å². The fourth-order valence-electron chi connectivity index (χ4n) is 4.54. The molecule has 1 aliphatic carbocycles.